The monoisotopic (exact) mass is 315 g/mol. The first kappa shape index (κ1) is 16.5. The Bertz CT molecular complexity index is 519. The van der Waals surface area contributed by atoms with Crippen LogP contribution in [0.25, 0.3) is 0 Å². The molecule has 0 radical (unpaired) electrons. The molecule has 0 bridgehead atoms. The van der Waals surface area contributed by atoms with Crippen molar-refractivity contribution in [2.45, 2.75) is 44.7 Å². The van der Waals surface area contributed by atoms with E-state index in [0.717, 1.165) is 25.4 Å². The number of likely N-dealkylation sites (tertiary alicyclic amines) is 1. The Labute approximate surface area is 139 Å². The highest BCUT2D eigenvalue weighted by Gasteiger charge is 2.42. The van der Waals surface area contributed by atoms with Crippen LogP contribution in [0.4, 0.5) is 0 Å². The van der Waals surface area contributed by atoms with E-state index in [0.29, 0.717) is 31.0 Å². The molecule has 1 aliphatic carbocycles. The fourth-order valence-corrected chi connectivity index (χ4v) is 4.16. The summed E-state index contributed by atoms with van der Waals surface area (Å²) in [6.07, 6.45) is 3.92. The summed E-state index contributed by atoms with van der Waals surface area (Å²) in [7, 11) is 0. The SMILES string of the molecule is C[C@H](CC(=O)NCCc1ccccc1)N1C[C@@H]2CC[C@H](N)[C@@H]2C1. The summed E-state index contributed by atoms with van der Waals surface area (Å²) in [4.78, 5) is 14.6. The first-order valence-corrected chi connectivity index (χ1v) is 8.93. The quantitative estimate of drug-likeness (QED) is 0.841. The van der Waals surface area contributed by atoms with E-state index in [-0.39, 0.29) is 5.91 Å². The smallest absolute Gasteiger partial charge is 0.221 e. The molecular formula is C19H29N3O. The number of nitrogens with zero attached hydrogens (tertiary/aromatic N) is 1. The molecule has 1 saturated carbocycles. The lowest BCUT2D eigenvalue weighted by Gasteiger charge is -2.25. The highest BCUT2D eigenvalue weighted by Crippen LogP contribution is 2.38. The molecule has 1 aliphatic heterocycles. The second-order valence-corrected chi connectivity index (χ2v) is 7.26. The van der Waals surface area contributed by atoms with Gasteiger partial charge >= 0.3 is 0 Å². The van der Waals surface area contributed by atoms with Crippen molar-refractivity contribution in [1.82, 2.24) is 10.2 Å². The highest BCUT2D eigenvalue weighted by atomic mass is 16.1. The van der Waals surface area contributed by atoms with Crippen LogP contribution in [-0.2, 0) is 11.2 Å². The van der Waals surface area contributed by atoms with E-state index in [1.165, 1.54) is 18.4 Å². The Hall–Kier alpha value is -1.39. The van der Waals surface area contributed by atoms with Gasteiger partial charge in [0.15, 0.2) is 0 Å². The van der Waals surface area contributed by atoms with Gasteiger partial charge in [-0.05, 0) is 43.6 Å². The van der Waals surface area contributed by atoms with Crippen LogP contribution in [0.15, 0.2) is 30.3 Å². The van der Waals surface area contributed by atoms with Crippen LogP contribution in [0.2, 0.25) is 0 Å². The summed E-state index contributed by atoms with van der Waals surface area (Å²) in [5, 5.41) is 3.05. The minimum atomic E-state index is 0.162. The molecule has 0 spiro atoms. The van der Waals surface area contributed by atoms with E-state index in [1.54, 1.807) is 0 Å². The first-order valence-electron chi connectivity index (χ1n) is 8.93. The zero-order valence-electron chi connectivity index (χ0n) is 14.1. The molecule has 3 N–H and O–H groups in total. The fourth-order valence-electron chi connectivity index (χ4n) is 4.16. The lowest BCUT2D eigenvalue weighted by molar-refractivity contribution is -0.122. The molecule has 1 heterocycles. The largest absolute Gasteiger partial charge is 0.356 e. The third-order valence-corrected chi connectivity index (χ3v) is 5.62. The average Bonchev–Trinajstić information content (AvgIpc) is 3.11. The third-order valence-electron chi connectivity index (χ3n) is 5.62. The molecule has 1 amide bonds. The van der Waals surface area contributed by atoms with Gasteiger partial charge in [0.25, 0.3) is 0 Å². The van der Waals surface area contributed by atoms with E-state index in [1.807, 2.05) is 18.2 Å². The Morgan fingerprint density at radius 3 is 2.83 bits per heavy atom. The van der Waals surface area contributed by atoms with Crippen LogP contribution in [0.3, 0.4) is 0 Å². The molecule has 1 aromatic carbocycles. The van der Waals surface area contributed by atoms with Crippen molar-refractivity contribution in [2.75, 3.05) is 19.6 Å². The van der Waals surface area contributed by atoms with Crippen LogP contribution in [0.5, 0.6) is 0 Å². The summed E-state index contributed by atoms with van der Waals surface area (Å²) in [5.41, 5.74) is 7.46. The van der Waals surface area contributed by atoms with Crippen LogP contribution >= 0.6 is 0 Å². The topological polar surface area (TPSA) is 58.4 Å². The predicted molar refractivity (Wildman–Crippen MR) is 93.0 cm³/mol. The van der Waals surface area contributed by atoms with Crippen molar-refractivity contribution in [1.29, 1.82) is 0 Å². The molecule has 126 valence electrons. The first-order chi connectivity index (χ1) is 11.1. The maximum atomic E-state index is 12.1. The minimum Gasteiger partial charge on any atom is -0.356 e. The number of fused-ring (bicyclic) bond motifs is 1. The van der Waals surface area contributed by atoms with Crippen LogP contribution in [-0.4, -0.2) is 42.5 Å². The van der Waals surface area contributed by atoms with E-state index >= 15 is 0 Å². The van der Waals surface area contributed by atoms with Gasteiger partial charge in [0, 0.05) is 38.1 Å². The Morgan fingerprint density at radius 2 is 2.09 bits per heavy atom. The fraction of sp³-hybridized carbons (Fsp3) is 0.632. The summed E-state index contributed by atoms with van der Waals surface area (Å²) >= 11 is 0. The molecule has 3 rings (SSSR count). The normalized spacial score (nSPS) is 28.5. The zero-order chi connectivity index (χ0) is 16.2. The predicted octanol–water partition coefficient (Wildman–Crippen LogP) is 1.79. The van der Waals surface area contributed by atoms with Gasteiger partial charge in [-0.15, -0.1) is 0 Å². The molecule has 0 aromatic heterocycles. The van der Waals surface area contributed by atoms with Gasteiger partial charge in [0.1, 0.15) is 0 Å². The van der Waals surface area contributed by atoms with Crippen molar-refractivity contribution in [3.8, 4) is 0 Å². The standard InChI is InChI=1S/C19H29N3O/c1-14(22-12-16-7-8-18(20)17(16)13-22)11-19(23)21-10-9-15-5-3-2-4-6-15/h2-6,14,16-18H,7-13,20H2,1H3,(H,21,23)/t14-,16+,17-,18+/m1/s1. The van der Waals surface area contributed by atoms with Gasteiger partial charge in [-0.2, -0.15) is 0 Å². The van der Waals surface area contributed by atoms with Crippen LogP contribution in [0, 0.1) is 11.8 Å². The summed E-state index contributed by atoms with van der Waals surface area (Å²) < 4.78 is 0. The molecule has 1 aromatic rings. The number of benzene rings is 1. The van der Waals surface area contributed by atoms with Crippen molar-refractivity contribution in [3.63, 3.8) is 0 Å². The molecule has 23 heavy (non-hydrogen) atoms. The number of nitrogens with one attached hydrogen (secondary N) is 1. The van der Waals surface area contributed by atoms with Gasteiger partial charge < -0.3 is 11.1 Å². The number of amides is 1. The second kappa shape index (κ2) is 7.45. The van der Waals surface area contributed by atoms with Crippen molar-refractivity contribution in [2.24, 2.45) is 17.6 Å². The third kappa shape index (κ3) is 4.12. The Balaban J connectivity index is 1.38. The molecule has 4 atom stereocenters. The Kier molecular flexibility index (Phi) is 5.34. The van der Waals surface area contributed by atoms with E-state index < -0.39 is 0 Å². The van der Waals surface area contributed by atoms with Crippen LogP contribution < -0.4 is 11.1 Å². The molecular weight excluding hydrogens is 286 g/mol. The molecule has 2 aliphatic rings. The molecule has 0 unspecified atom stereocenters. The van der Waals surface area contributed by atoms with Gasteiger partial charge in [0.05, 0.1) is 0 Å². The van der Waals surface area contributed by atoms with Gasteiger partial charge in [0.2, 0.25) is 5.91 Å². The number of carbonyl (C=O) groups is 1. The summed E-state index contributed by atoms with van der Waals surface area (Å²) in [6.45, 7) is 5.08. The second-order valence-electron chi connectivity index (χ2n) is 7.26. The highest BCUT2D eigenvalue weighted by molar-refractivity contribution is 5.76. The lowest BCUT2D eigenvalue weighted by atomic mass is 9.98. The number of hydrogen-bond acceptors (Lipinski definition) is 3. The van der Waals surface area contributed by atoms with E-state index in [2.05, 4.69) is 29.3 Å². The van der Waals surface area contributed by atoms with Gasteiger partial charge in [-0.3, -0.25) is 9.69 Å². The summed E-state index contributed by atoms with van der Waals surface area (Å²) in [5.74, 6) is 1.57. The summed E-state index contributed by atoms with van der Waals surface area (Å²) in [6, 6.07) is 11.0. The molecule has 4 heteroatoms. The maximum Gasteiger partial charge on any atom is 0.221 e. The van der Waals surface area contributed by atoms with Crippen LogP contribution in [0.1, 0.15) is 31.7 Å². The van der Waals surface area contributed by atoms with Crippen molar-refractivity contribution in [3.05, 3.63) is 35.9 Å². The number of nitrogens with two attached hydrogens (primary N) is 1. The van der Waals surface area contributed by atoms with Gasteiger partial charge in [-0.1, -0.05) is 30.3 Å². The maximum absolute atomic E-state index is 12.1. The number of rotatable bonds is 6. The minimum absolute atomic E-state index is 0.162. The van der Waals surface area contributed by atoms with Crippen molar-refractivity contribution < 1.29 is 4.79 Å². The average molecular weight is 315 g/mol. The van der Waals surface area contributed by atoms with E-state index in [9.17, 15) is 4.79 Å². The zero-order valence-corrected chi connectivity index (χ0v) is 14.1. The lowest BCUT2D eigenvalue weighted by Crippen LogP contribution is -2.38. The molecule has 2 fully saturated rings. The number of carbonyl (C=O) groups excluding carboxylic acids is 1. The van der Waals surface area contributed by atoms with Crippen molar-refractivity contribution >= 4 is 5.91 Å². The molecule has 1 saturated heterocycles. The number of hydrogen-bond donors (Lipinski definition) is 2. The molecule has 4 nitrogen and oxygen atoms in total. The Morgan fingerprint density at radius 1 is 1.30 bits per heavy atom. The van der Waals surface area contributed by atoms with Gasteiger partial charge in [-0.25, -0.2) is 0 Å². The van der Waals surface area contributed by atoms with E-state index in [4.69, 9.17) is 5.73 Å².